The summed E-state index contributed by atoms with van der Waals surface area (Å²) in [5.41, 5.74) is 0.985. The van der Waals surface area contributed by atoms with Gasteiger partial charge in [0.1, 0.15) is 11.2 Å². The number of nitrogens with zero attached hydrogens (tertiary/aromatic N) is 3. The molecule has 1 atom stereocenters. The van der Waals surface area contributed by atoms with E-state index in [2.05, 4.69) is 4.98 Å². The first-order valence-electron chi connectivity index (χ1n) is 7.56. The summed E-state index contributed by atoms with van der Waals surface area (Å²) in [7, 11) is 0. The van der Waals surface area contributed by atoms with Crippen LogP contribution >= 0.6 is 11.8 Å². The lowest BCUT2D eigenvalue weighted by atomic mass is 10.1. The van der Waals surface area contributed by atoms with Crippen molar-refractivity contribution in [1.29, 1.82) is 0 Å². The molecule has 3 heterocycles. The fourth-order valence-electron chi connectivity index (χ4n) is 2.77. The molecule has 3 rings (SSSR count). The molecule has 2 aromatic rings. The Kier molecular flexibility index (Phi) is 4.57. The van der Waals surface area contributed by atoms with Gasteiger partial charge in [0, 0.05) is 30.4 Å². The lowest BCUT2D eigenvalue weighted by Crippen LogP contribution is -2.48. The molecule has 0 bridgehead atoms. The zero-order valence-electron chi connectivity index (χ0n) is 13.1. The smallest absolute Gasteiger partial charge is 0.305 e. The predicted octanol–water partition coefficient (Wildman–Crippen LogP) is 1.04. The molecule has 7 nitrogen and oxygen atoms in total. The molecule has 0 spiro atoms. The molecule has 24 heavy (non-hydrogen) atoms. The molecule has 1 saturated heterocycles. The molecule has 1 aliphatic rings. The molecule has 0 saturated carbocycles. The van der Waals surface area contributed by atoms with Gasteiger partial charge in [0.15, 0.2) is 0 Å². The molecule has 1 N–H and O–H groups in total. The monoisotopic (exact) mass is 347 g/mol. The standard InChI is InChI=1S/C16H17N3O4S/c1-10-2-3-19-13(6-10)17-8-12(16(19)23)15(22)18-4-5-24-9-11(18)7-14(20)21/h2-3,6,8,11H,4-5,7,9H2,1H3,(H,20,21). The number of aromatic nitrogens is 2. The SMILES string of the molecule is Cc1ccn2c(=O)c(C(=O)N3CCSCC3CC(=O)O)cnc2c1. The fraction of sp³-hybridized carbons (Fsp3) is 0.375. The summed E-state index contributed by atoms with van der Waals surface area (Å²) in [6.45, 7) is 2.32. The minimum absolute atomic E-state index is 0.0290. The molecule has 0 radical (unpaired) electrons. The molecule has 0 aromatic carbocycles. The number of hydrogen-bond donors (Lipinski definition) is 1. The van der Waals surface area contributed by atoms with Crippen LogP contribution < -0.4 is 5.56 Å². The van der Waals surface area contributed by atoms with Crippen molar-refractivity contribution < 1.29 is 14.7 Å². The van der Waals surface area contributed by atoms with E-state index in [-0.39, 0.29) is 12.0 Å². The third-order valence-electron chi connectivity index (χ3n) is 3.99. The lowest BCUT2D eigenvalue weighted by molar-refractivity contribution is -0.138. The minimum atomic E-state index is -0.955. The van der Waals surface area contributed by atoms with Crippen molar-refractivity contribution in [2.24, 2.45) is 0 Å². The number of carboxylic acid groups (broad SMARTS) is 1. The van der Waals surface area contributed by atoms with Gasteiger partial charge in [-0.05, 0) is 24.6 Å². The molecular formula is C16H17N3O4S. The van der Waals surface area contributed by atoms with Gasteiger partial charge in [0.05, 0.1) is 12.5 Å². The van der Waals surface area contributed by atoms with Crippen LogP contribution in [-0.4, -0.2) is 55.4 Å². The zero-order chi connectivity index (χ0) is 17.3. The van der Waals surface area contributed by atoms with Crippen molar-refractivity contribution in [1.82, 2.24) is 14.3 Å². The van der Waals surface area contributed by atoms with Gasteiger partial charge in [-0.15, -0.1) is 0 Å². The van der Waals surface area contributed by atoms with E-state index < -0.39 is 23.5 Å². The first-order valence-corrected chi connectivity index (χ1v) is 8.71. The van der Waals surface area contributed by atoms with E-state index in [0.29, 0.717) is 17.9 Å². The highest BCUT2D eigenvalue weighted by molar-refractivity contribution is 7.99. The van der Waals surface area contributed by atoms with Gasteiger partial charge in [-0.3, -0.25) is 18.8 Å². The highest BCUT2D eigenvalue weighted by atomic mass is 32.2. The first kappa shape index (κ1) is 16.5. The Morgan fingerprint density at radius 3 is 3.00 bits per heavy atom. The largest absolute Gasteiger partial charge is 0.481 e. The van der Waals surface area contributed by atoms with Gasteiger partial charge in [0.2, 0.25) is 0 Å². The van der Waals surface area contributed by atoms with Crippen molar-refractivity contribution in [3.8, 4) is 0 Å². The molecule has 1 amide bonds. The maximum atomic E-state index is 12.8. The van der Waals surface area contributed by atoms with Crippen LogP contribution in [0.25, 0.3) is 5.65 Å². The summed E-state index contributed by atoms with van der Waals surface area (Å²) >= 11 is 1.61. The van der Waals surface area contributed by atoms with Crippen LogP contribution in [0.4, 0.5) is 0 Å². The Bertz CT molecular complexity index is 864. The zero-order valence-corrected chi connectivity index (χ0v) is 14.0. The third-order valence-corrected chi connectivity index (χ3v) is 5.09. The molecular weight excluding hydrogens is 330 g/mol. The fourth-order valence-corrected chi connectivity index (χ4v) is 3.83. The van der Waals surface area contributed by atoms with E-state index >= 15 is 0 Å². The Balaban J connectivity index is 1.98. The summed E-state index contributed by atoms with van der Waals surface area (Å²) in [6, 6.07) is 3.13. The second-order valence-corrected chi connectivity index (χ2v) is 6.88. The molecule has 8 heteroatoms. The number of carboxylic acids is 1. The van der Waals surface area contributed by atoms with Gasteiger partial charge in [-0.1, -0.05) is 0 Å². The summed E-state index contributed by atoms with van der Waals surface area (Å²) in [5, 5.41) is 9.03. The Labute approximate surface area is 142 Å². The normalized spacial score (nSPS) is 17.9. The number of rotatable bonds is 3. The number of thioether (sulfide) groups is 1. The average Bonchev–Trinajstić information content (AvgIpc) is 2.54. The van der Waals surface area contributed by atoms with Crippen LogP contribution in [-0.2, 0) is 4.79 Å². The second-order valence-electron chi connectivity index (χ2n) is 5.73. The Morgan fingerprint density at radius 2 is 2.25 bits per heavy atom. The number of aryl methyl sites for hydroxylation is 1. The minimum Gasteiger partial charge on any atom is -0.481 e. The Hall–Kier alpha value is -2.35. The highest BCUT2D eigenvalue weighted by Gasteiger charge is 2.31. The number of fused-ring (bicyclic) bond motifs is 1. The molecule has 1 unspecified atom stereocenters. The van der Waals surface area contributed by atoms with E-state index in [1.807, 2.05) is 6.92 Å². The molecule has 1 aliphatic heterocycles. The van der Waals surface area contributed by atoms with Crippen molar-refractivity contribution in [2.75, 3.05) is 18.1 Å². The summed E-state index contributed by atoms with van der Waals surface area (Å²) in [5.74, 6) is -0.124. The van der Waals surface area contributed by atoms with E-state index in [4.69, 9.17) is 5.11 Å². The second kappa shape index (κ2) is 6.64. The van der Waals surface area contributed by atoms with Gasteiger partial charge < -0.3 is 10.0 Å². The predicted molar refractivity (Wildman–Crippen MR) is 90.6 cm³/mol. The number of carbonyl (C=O) groups is 2. The number of carbonyl (C=O) groups excluding carboxylic acids is 1. The topological polar surface area (TPSA) is 92.0 Å². The molecule has 2 aromatic heterocycles. The van der Waals surface area contributed by atoms with Crippen LogP contribution in [0.2, 0.25) is 0 Å². The molecule has 0 aliphatic carbocycles. The van der Waals surface area contributed by atoms with Gasteiger partial charge in [-0.25, -0.2) is 4.98 Å². The van der Waals surface area contributed by atoms with E-state index in [0.717, 1.165) is 11.3 Å². The van der Waals surface area contributed by atoms with Crippen LogP contribution in [0, 0.1) is 6.92 Å². The van der Waals surface area contributed by atoms with Crippen LogP contribution in [0.1, 0.15) is 22.3 Å². The summed E-state index contributed by atoms with van der Waals surface area (Å²) in [4.78, 5) is 42.1. The van der Waals surface area contributed by atoms with Crippen molar-refractivity contribution in [3.05, 3.63) is 46.0 Å². The van der Waals surface area contributed by atoms with E-state index in [1.165, 1.54) is 15.5 Å². The van der Waals surface area contributed by atoms with Gasteiger partial charge in [0.25, 0.3) is 11.5 Å². The number of hydrogen-bond acceptors (Lipinski definition) is 5. The van der Waals surface area contributed by atoms with Crippen LogP contribution in [0.3, 0.4) is 0 Å². The van der Waals surface area contributed by atoms with Crippen LogP contribution in [0.5, 0.6) is 0 Å². The quantitative estimate of drug-likeness (QED) is 0.892. The summed E-state index contributed by atoms with van der Waals surface area (Å²) in [6.07, 6.45) is 2.76. The maximum absolute atomic E-state index is 12.8. The average molecular weight is 347 g/mol. The van der Waals surface area contributed by atoms with Gasteiger partial charge in [-0.2, -0.15) is 11.8 Å². The van der Waals surface area contributed by atoms with Crippen molar-refractivity contribution in [2.45, 2.75) is 19.4 Å². The molecule has 1 fully saturated rings. The van der Waals surface area contributed by atoms with Crippen molar-refractivity contribution >= 4 is 29.3 Å². The van der Waals surface area contributed by atoms with Crippen LogP contribution in [0.15, 0.2) is 29.3 Å². The number of pyridine rings is 1. The lowest BCUT2D eigenvalue weighted by Gasteiger charge is -2.34. The number of aliphatic carboxylic acids is 1. The van der Waals surface area contributed by atoms with Gasteiger partial charge >= 0.3 is 5.97 Å². The first-order chi connectivity index (χ1) is 11.5. The summed E-state index contributed by atoms with van der Waals surface area (Å²) < 4.78 is 1.34. The Morgan fingerprint density at radius 1 is 1.46 bits per heavy atom. The van der Waals surface area contributed by atoms with E-state index in [9.17, 15) is 14.4 Å². The molecule has 126 valence electrons. The number of amides is 1. The third kappa shape index (κ3) is 3.14. The highest BCUT2D eigenvalue weighted by Crippen LogP contribution is 2.20. The van der Waals surface area contributed by atoms with E-state index in [1.54, 1.807) is 30.1 Å². The van der Waals surface area contributed by atoms with Crippen molar-refractivity contribution in [3.63, 3.8) is 0 Å². The maximum Gasteiger partial charge on any atom is 0.305 e.